The number of aromatic nitrogens is 3. The van der Waals surface area contributed by atoms with E-state index in [1.54, 1.807) is 11.0 Å². The predicted molar refractivity (Wildman–Crippen MR) is 79.3 cm³/mol. The maximum absolute atomic E-state index is 6.23. The Morgan fingerprint density at radius 1 is 1.19 bits per heavy atom. The first-order valence-corrected chi connectivity index (χ1v) is 7.67. The van der Waals surface area contributed by atoms with E-state index in [1.807, 2.05) is 30.3 Å². The summed E-state index contributed by atoms with van der Waals surface area (Å²) in [7, 11) is 0. The fourth-order valence-electron chi connectivity index (χ4n) is 3.80. The molecule has 0 amide bonds. The lowest BCUT2D eigenvalue weighted by molar-refractivity contribution is -0.0664. The average molecular weight is 284 g/mol. The Morgan fingerprint density at radius 3 is 2.67 bits per heavy atom. The van der Waals surface area contributed by atoms with E-state index in [9.17, 15) is 0 Å². The van der Waals surface area contributed by atoms with Crippen LogP contribution in [0.25, 0.3) is 5.69 Å². The molecule has 110 valence electrons. The quantitative estimate of drug-likeness (QED) is 0.939. The van der Waals surface area contributed by atoms with Crippen LogP contribution in [0, 0.1) is 5.41 Å². The number of hydrogen-bond acceptors (Lipinski definition) is 4. The maximum Gasteiger partial charge on any atom is 0.336 e. The molecule has 0 radical (unpaired) electrons. The Kier molecular flexibility index (Phi) is 2.96. The number of nitrogens with zero attached hydrogens (tertiary/aromatic N) is 3. The zero-order chi connectivity index (χ0) is 14.3. The molecule has 4 rings (SSSR count). The third-order valence-corrected chi connectivity index (χ3v) is 5.12. The van der Waals surface area contributed by atoms with Crippen molar-refractivity contribution < 1.29 is 4.74 Å². The SMILES string of the molecule is NC1CC(Oc2ncn(-c3ccccc3)n2)C12CCCC2. The summed E-state index contributed by atoms with van der Waals surface area (Å²) in [5, 5.41) is 4.42. The highest BCUT2D eigenvalue weighted by molar-refractivity contribution is 5.29. The van der Waals surface area contributed by atoms with Crippen LogP contribution in [-0.4, -0.2) is 26.9 Å². The van der Waals surface area contributed by atoms with Gasteiger partial charge < -0.3 is 10.5 Å². The minimum atomic E-state index is 0.179. The molecular weight excluding hydrogens is 264 g/mol. The first-order chi connectivity index (χ1) is 10.3. The van der Waals surface area contributed by atoms with Gasteiger partial charge in [-0.2, -0.15) is 4.98 Å². The molecule has 1 heterocycles. The molecule has 2 saturated carbocycles. The molecule has 2 unspecified atom stereocenters. The van der Waals surface area contributed by atoms with E-state index < -0.39 is 0 Å². The third kappa shape index (κ3) is 2.03. The van der Waals surface area contributed by atoms with Gasteiger partial charge in [-0.05, 0) is 25.0 Å². The molecule has 21 heavy (non-hydrogen) atoms. The molecule has 5 nitrogen and oxygen atoms in total. The Hall–Kier alpha value is -1.88. The highest BCUT2D eigenvalue weighted by Crippen LogP contribution is 2.53. The van der Waals surface area contributed by atoms with Gasteiger partial charge in [0.25, 0.3) is 0 Å². The predicted octanol–water partition coefficient (Wildman–Crippen LogP) is 2.31. The van der Waals surface area contributed by atoms with Gasteiger partial charge in [0.1, 0.15) is 12.4 Å². The summed E-state index contributed by atoms with van der Waals surface area (Å²) in [6, 6.07) is 10.7. The monoisotopic (exact) mass is 284 g/mol. The Morgan fingerprint density at radius 2 is 1.95 bits per heavy atom. The molecule has 0 saturated heterocycles. The van der Waals surface area contributed by atoms with Crippen molar-refractivity contribution in [2.45, 2.75) is 44.2 Å². The largest absolute Gasteiger partial charge is 0.458 e. The van der Waals surface area contributed by atoms with Gasteiger partial charge in [-0.25, -0.2) is 4.68 Å². The minimum absolute atomic E-state index is 0.179. The summed E-state index contributed by atoms with van der Waals surface area (Å²) in [4.78, 5) is 4.28. The van der Waals surface area contributed by atoms with Crippen LogP contribution in [0.2, 0.25) is 0 Å². The molecule has 0 aliphatic heterocycles. The van der Waals surface area contributed by atoms with Gasteiger partial charge in [0.05, 0.1) is 5.69 Å². The summed E-state index contributed by atoms with van der Waals surface area (Å²) < 4.78 is 7.78. The lowest BCUT2D eigenvalue weighted by Gasteiger charge is -2.51. The van der Waals surface area contributed by atoms with Crippen LogP contribution in [0.1, 0.15) is 32.1 Å². The Labute approximate surface area is 124 Å². The normalized spacial score (nSPS) is 26.7. The number of hydrogen-bond donors (Lipinski definition) is 1. The first-order valence-electron chi connectivity index (χ1n) is 7.67. The molecule has 1 spiro atoms. The molecule has 5 heteroatoms. The van der Waals surface area contributed by atoms with E-state index in [2.05, 4.69) is 10.1 Å². The average Bonchev–Trinajstić information content (AvgIpc) is 3.19. The van der Waals surface area contributed by atoms with Crippen LogP contribution in [0.15, 0.2) is 36.7 Å². The van der Waals surface area contributed by atoms with E-state index in [4.69, 9.17) is 10.5 Å². The highest BCUT2D eigenvalue weighted by Gasteiger charge is 2.56. The Bertz CT molecular complexity index is 618. The van der Waals surface area contributed by atoms with Crippen LogP contribution >= 0.6 is 0 Å². The van der Waals surface area contributed by atoms with Crippen LogP contribution in [0.3, 0.4) is 0 Å². The van der Waals surface area contributed by atoms with Gasteiger partial charge in [0, 0.05) is 17.9 Å². The number of ether oxygens (including phenoxy) is 1. The second-order valence-electron chi connectivity index (χ2n) is 6.20. The van der Waals surface area contributed by atoms with Crippen molar-refractivity contribution in [3.05, 3.63) is 36.7 Å². The summed E-state index contributed by atoms with van der Waals surface area (Å²) in [5.41, 5.74) is 7.40. The number of para-hydroxylation sites is 1. The molecular formula is C16H20N4O. The van der Waals surface area contributed by atoms with Crippen molar-refractivity contribution in [3.63, 3.8) is 0 Å². The van der Waals surface area contributed by atoms with Crippen molar-refractivity contribution in [2.75, 3.05) is 0 Å². The molecule has 1 aromatic heterocycles. The van der Waals surface area contributed by atoms with Gasteiger partial charge in [0.15, 0.2) is 0 Å². The minimum Gasteiger partial charge on any atom is -0.458 e. The van der Waals surface area contributed by atoms with Gasteiger partial charge in [-0.3, -0.25) is 0 Å². The Balaban J connectivity index is 1.50. The van der Waals surface area contributed by atoms with Crippen LogP contribution < -0.4 is 10.5 Å². The molecule has 2 atom stereocenters. The van der Waals surface area contributed by atoms with Gasteiger partial charge >= 0.3 is 6.01 Å². The summed E-state index contributed by atoms with van der Waals surface area (Å²) >= 11 is 0. The zero-order valence-electron chi connectivity index (χ0n) is 12.0. The third-order valence-electron chi connectivity index (χ3n) is 5.12. The first kappa shape index (κ1) is 12.8. The van der Waals surface area contributed by atoms with Crippen molar-refractivity contribution >= 4 is 0 Å². The van der Waals surface area contributed by atoms with Crippen molar-refractivity contribution in [1.29, 1.82) is 0 Å². The topological polar surface area (TPSA) is 66.0 Å². The lowest BCUT2D eigenvalue weighted by atomic mass is 9.61. The van der Waals surface area contributed by atoms with Crippen LogP contribution in [-0.2, 0) is 0 Å². The van der Waals surface area contributed by atoms with Gasteiger partial charge in [-0.1, -0.05) is 31.0 Å². The summed E-state index contributed by atoms with van der Waals surface area (Å²) in [5.74, 6) is 0. The molecule has 2 fully saturated rings. The van der Waals surface area contributed by atoms with Gasteiger partial charge in [0.2, 0.25) is 0 Å². The number of rotatable bonds is 3. The lowest BCUT2D eigenvalue weighted by Crippen LogP contribution is -2.62. The van der Waals surface area contributed by atoms with E-state index in [0.29, 0.717) is 6.01 Å². The van der Waals surface area contributed by atoms with Crippen LogP contribution in [0.4, 0.5) is 0 Å². The molecule has 2 aliphatic carbocycles. The fourth-order valence-corrected chi connectivity index (χ4v) is 3.80. The molecule has 2 aliphatic rings. The zero-order valence-corrected chi connectivity index (χ0v) is 12.0. The second kappa shape index (κ2) is 4.84. The maximum atomic E-state index is 6.23. The second-order valence-corrected chi connectivity index (χ2v) is 6.20. The molecule has 2 aromatic rings. The van der Waals surface area contributed by atoms with E-state index in [0.717, 1.165) is 12.1 Å². The summed E-state index contributed by atoms with van der Waals surface area (Å²) in [6.07, 6.45) is 7.68. The highest BCUT2D eigenvalue weighted by atomic mass is 16.5. The van der Waals surface area contributed by atoms with Crippen molar-refractivity contribution in [3.8, 4) is 11.7 Å². The molecule has 2 N–H and O–H groups in total. The fraction of sp³-hybridized carbons (Fsp3) is 0.500. The number of nitrogens with two attached hydrogens (primary N) is 1. The van der Waals surface area contributed by atoms with Gasteiger partial charge in [-0.15, -0.1) is 5.10 Å². The van der Waals surface area contributed by atoms with Crippen molar-refractivity contribution in [1.82, 2.24) is 14.8 Å². The molecule has 1 aromatic carbocycles. The van der Waals surface area contributed by atoms with E-state index in [-0.39, 0.29) is 17.6 Å². The number of benzene rings is 1. The smallest absolute Gasteiger partial charge is 0.336 e. The standard InChI is InChI=1S/C16H20N4O/c17-13-10-14(16(13)8-4-5-9-16)21-15-18-11-20(19-15)12-6-2-1-3-7-12/h1-3,6-7,11,13-14H,4-5,8-10,17H2. The van der Waals surface area contributed by atoms with E-state index in [1.165, 1.54) is 25.7 Å². The summed E-state index contributed by atoms with van der Waals surface area (Å²) in [6.45, 7) is 0. The molecule has 0 bridgehead atoms. The van der Waals surface area contributed by atoms with E-state index >= 15 is 0 Å². The van der Waals surface area contributed by atoms with Crippen molar-refractivity contribution in [2.24, 2.45) is 11.1 Å². The van der Waals surface area contributed by atoms with Crippen LogP contribution in [0.5, 0.6) is 6.01 Å².